The lowest BCUT2D eigenvalue weighted by Gasteiger charge is -2.15. The van der Waals surface area contributed by atoms with Gasteiger partial charge < -0.3 is 14.8 Å². The Morgan fingerprint density at radius 3 is 2.60 bits per heavy atom. The summed E-state index contributed by atoms with van der Waals surface area (Å²) in [6.45, 7) is 7.31. The normalized spacial score (nSPS) is 13.4. The Morgan fingerprint density at radius 2 is 1.77 bits per heavy atom. The minimum Gasteiger partial charge on any atom is -0.494 e. The van der Waals surface area contributed by atoms with Gasteiger partial charge in [-0.1, -0.05) is 31.2 Å². The lowest BCUT2D eigenvalue weighted by atomic mass is 9.95. The van der Waals surface area contributed by atoms with E-state index < -0.39 is 0 Å². The van der Waals surface area contributed by atoms with E-state index in [4.69, 9.17) is 9.47 Å². The van der Waals surface area contributed by atoms with Crippen molar-refractivity contribution in [1.29, 1.82) is 0 Å². The van der Waals surface area contributed by atoms with Crippen LogP contribution in [0.15, 0.2) is 54.7 Å². The average Bonchev–Trinajstić information content (AvgIpc) is 3.03. The predicted molar refractivity (Wildman–Crippen MR) is 121 cm³/mol. The summed E-state index contributed by atoms with van der Waals surface area (Å²) in [5, 5.41) is 3.49. The third-order valence-corrected chi connectivity index (χ3v) is 5.59. The number of aryl methyl sites for hydroxylation is 1. The Morgan fingerprint density at radius 1 is 0.900 bits per heavy atom. The Bertz CT molecular complexity index is 1000. The van der Waals surface area contributed by atoms with Gasteiger partial charge in [0.15, 0.2) is 0 Å². The van der Waals surface area contributed by atoms with E-state index in [1.807, 2.05) is 19.1 Å². The van der Waals surface area contributed by atoms with Crippen LogP contribution in [0.3, 0.4) is 0 Å². The first kappa shape index (κ1) is 20.4. The molecule has 1 N–H and O–H groups in total. The van der Waals surface area contributed by atoms with Crippen LogP contribution >= 0.6 is 0 Å². The molecule has 1 aliphatic rings. The fourth-order valence-electron chi connectivity index (χ4n) is 3.93. The van der Waals surface area contributed by atoms with Gasteiger partial charge >= 0.3 is 0 Å². The standard InChI is InChI=1S/C26H30N2O2/c1-3-19-5-8-26(30-18-23-17-24(29-4-2)11-14-28-23)25(15-19)22-7-6-20-9-12-27-13-10-21(20)16-22/h5-8,11,14-17,27H,3-4,9-10,12-13,18H2,1-2H3. The SMILES string of the molecule is CCOc1ccnc(COc2ccc(CC)cc2-c2ccc3c(c2)CCNCC3)c1. The van der Waals surface area contributed by atoms with Gasteiger partial charge in [-0.3, -0.25) is 4.98 Å². The summed E-state index contributed by atoms with van der Waals surface area (Å²) in [5.41, 5.74) is 7.43. The van der Waals surface area contributed by atoms with Crippen LogP contribution in [-0.4, -0.2) is 24.7 Å². The molecule has 156 valence electrons. The first-order chi connectivity index (χ1) is 14.8. The summed E-state index contributed by atoms with van der Waals surface area (Å²) < 4.78 is 11.8. The van der Waals surface area contributed by atoms with Gasteiger partial charge in [0.2, 0.25) is 0 Å². The molecule has 2 aromatic carbocycles. The summed E-state index contributed by atoms with van der Waals surface area (Å²) in [7, 11) is 0. The van der Waals surface area contributed by atoms with Gasteiger partial charge in [-0.2, -0.15) is 0 Å². The molecule has 0 spiro atoms. The molecule has 4 heteroatoms. The van der Waals surface area contributed by atoms with Crippen molar-refractivity contribution in [3.63, 3.8) is 0 Å². The van der Waals surface area contributed by atoms with Crippen LogP contribution < -0.4 is 14.8 Å². The number of hydrogen-bond acceptors (Lipinski definition) is 4. The van der Waals surface area contributed by atoms with Gasteiger partial charge in [0.05, 0.1) is 12.3 Å². The summed E-state index contributed by atoms with van der Waals surface area (Å²) in [6, 6.07) is 17.2. The first-order valence-corrected chi connectivity index (χ1v) is 10.9. The topological polar surface area (TPSA) is 43.4 Å². The van der Waals surface area contributed by atoms with Crippen molar-refractivity contribution in [3.8, 4) is 22.6 Å². The van der Waals surface area contributed by atoms with Gasteiger partial charge in [-0.05, 0) is 79.7 Å². The second-order valence-electron chi connectivity index (χ2n) is 7.62. The van der Waals surface area contributed by atoms with Gasteiger partial charge in [-0.25, -0.2) is 0 Å². The number of fused-ring (bicyclic) bond motifs is 1. The van der Waals surface area contributed by atoms with Gasteiger partial charge in [-0.15, -0.1) is 0 Å². The number of aromatic nitrogens is 1. The van der Waals surface area contributed by atoms with Crippen molar-refractivity contribution in [2.45, 2.75) is 39.7 Å². The maximum absolute atomic E-state index is 6.25. The van der Waals surface area contributed by atoms with E-state index in [9.17, 15) is 0 Å². The van der Waals surface area contributed by atoms with E-state index in [2.05, 4.69) is 53.6 Å². The van der Waals surface area contributed by atoms with Crippen molar-refractivity contribution in [2.75, 3.05) is 19.7 Å². The van der Waals surface area contributed by atoms with Crippen LogP contribution in [0, 0.1) is 0 Å². The predicted octanol–water partition coefficient (Wildman–Crippen LogP) is 4.98. The molecule has 4 rings (SSSR count). The number of nitrogens with zero attached hydrogens (tertiary/aromatic N) is 1. The molecule has 30 heavy (non-hydrogen) atoms. The van der Waals surface area contributed by atoms with Crippen molar-refractivity contribution in [3.05, 3.63) is 77.1 Å². The molecule has 0 amide bonds. The second kappa shape index (κ2) is 9.77. The minimum atomic E-state index is 0.411. The molecule has 0 bridgehead atoms. The van der Waals surface area contributed by atoms with Crippen LogP contribution in [-0.2, 0) is 25.9 Å². The highest BCUT2D eigenvalue weighted by molar-refractivity contribution is 5.72. The monoisotopic (exact) mass is 402 g/mol. The van der Waals surface area contributed by atoms with Gasteiger partial charge in [0.1, 0.15) is 18.1 Å². The zero-order valence-corrected chi connectivity index (χ0v) is 17.9. The molecule has 0 unspecified atom stereocenters. The second-order valence-corrected chi connectivity index (χ2v) is 7.62. The summed E-state index contributed by atoms with van der Waals surface area (Å²) in [5.74, 6) is 1.72. The molecule has 2 heterocycles. The zero-order valence-electron chi connectivity index (χ0n) is 17.9. The molecule has 0 saturated carbocycles. The number of benzene rings is 2. The molecule has 0 aliphatic carbocycles. The Hall–Kier alpha value is -2.85. The Kier molecular flexibility index (Phi) is 6.65. The highest BCUT2D eigenvalue weighted by Crippen LogP contribution is 2.33. The molecule has 0 atom stereocenters. The van der Waals surface area contributed by atoms with Crippen LogP contribution in [0.2, 0.25) is 0 Å². The molecule has 0 radical (unpaired) electrons. The van der Waals surface area contributed by atoms with Crippen molar-refractivity contribution in [1.82, 2.24) is 10.3 Å². The molecule has 4 nitrogen and oxygen atoms in total. The summed E-state index contributed by atoms with van der Waals surface area (Å²) in [4.78, 5) is 4.43. The van der Waals surface area contributed by atoms with Crippen LogP contribution in [0.1, 0.15) is 36.2 Å². The fraction of sp³-hybridized carbons (Fsp3) is 0.346. The van der Waals surface area contributed by atoms with Crippen LogP contribution in [0.4, 0.5) is 0 Å². The maximum Gasteiger partial charge on any atom is 0.130 e. The number of nitrogens with one attached hydrogen (secondary N) is 1. The average molecular weight is 403 g/mol. The highest BCUT2D eigenvalue weighted by Gasteiger charge is 2.13. The molecule has 1 aliphatic heterocycles. The molecule has 0 fully saturated rings. The lowest BCUT2D eigenvalue weighted by molar-refractivity contribution is 0.299. The quantitative estimate of drug-likeness (QED) is 0.605. The van der Waals surface area contributed by atoms with Crippen molar-refractivity contribution in [2.24, 2.45) is 0 Å². The number of rotatable bonds is 7. The number of pyridine rings is 1. The fourth-order valence-corrected chi connectivity index (χ4v) is 3.93. The molecular formula is C26H30N2O2. The largest absolute Gasteiger partial charge is 0.494 e. The van der Waals surface area contributed by atoms with E-state index in [0.717, 1.165) is 55.1 Å². The summed E-state index contributed by atoms with van der Waals surface area (Å²) >= 11 is 0. The first-order valence-electron chi connectivity index (χ1n) is 10.9. The Balaban J connectivity index is 1.62. The molecule has 0 saturated heterocycles. The molecule has 1 aromatic heterocycles. The van der Waals surface area contributed by atoms with Crippen LogP contribution in [0.5, 0.6) is 11.5 Å². The summed E-state index contributed by atoms with van der Waals surface area (Å²) in [6.07, 6.45) is 4.93. The van der Waals surface area contributed by atoms with Gasteiger partial charge in [0, 0.05) is 17.8 Å². The zero-order chi connectivity index (χ0) is 20.8. The maximum atomic E-state index is 6.25. The molecular weight excluding hydrogens is 372 g/mol. The highest BCUT2D eigenvalue weighted by atomic mass is 16.5. The number of ether oxygens (including phenoxy) is 2. The van der Waals surface area contributed by atoms with E-state index in [-0.39, 0.29) is 0 Å². The van der Waals surface area contributed by atoms with Crippen molar-refractivity contribution < 1.29 is 9.47 Å². The minimum absolute atomic E-state index is 0.411. The van der Waals surface area contributed by atoms with E-state index in [0.29, 0.717) is 13.2 Å². The van der Waals surface area contributed by atoms with Crippen LogP contribution in [0.25, 0.3) is 11.1 Å². The van der Waals surface area contributed by atoms with Gasteiger partial charge in [0.25, 0.3) is 0 Å². The number of hydrogen-bond donors (Lipinski definition) is 1. The van der Waals surface area contributed by atoms with E-state index in [1.165, 1.54) is 22.3 Å². The van der Waals surface area contributed by atoms with E-state index in [1.54, 1.807) is 6.20 Å². The third-order valence-electron chi connectivity index (χ3n) is 5.59. The third kappa shape index (κ3) is 4.82. The Labute approximate surface area is 179 Å². The van der Waals surface area contributed by atoms with E-state index >= 15 is 0 Å². The smallest absolute Gasteiger partial charge is 0.130 e. The molecule has 3 aromatic rings. The van der Waals surface area contributed by atoms with Crippen molar-refractivity contribution >= 4 is 0 Å². The lowest BCUT2D eigenvalue weighted by Crippen LogP contribution is -2.16.